The van der Waals surface area contributed by atoms with Crippen molar-refractivity contribution >= 4 is 65.0 Å². The third-order valence-electron chi connectivity index (χ3n) is 8.82. The van der Waals surface area contributed by atoms with Gasteiger partial charge in [-0.25, -0.2) is 0 Å². The number of fused-ring (bicyclic) bond motifs is 7. The SMILES string of the molecule is [2H]c1c([2H])c([2H])c2c(oc3c([2H])c([2H])c([2H])c(-c4c([2H])c([2H])c5c(-c6cccc7ccccc67)c6c([2H])c([2H])c([2H])c([2H])c6c(-c6cccc7ccccc67)c5c4[2H])c32)c1[2H]. The summed E-state index contributed by atoms with van der Waals surface area (Å²) in [5.74, 6) is 0. The molecule has 0 unspecified atom stereocenters. The van der Waals surface area contributed by atoms with Gasteiger partial charge in [-0.05, 0) is 94.6 Å². The maximum atomic E-state index is 10.3. The number of furan rings is 1. The Hall–Kier alpha value is -6.18. The molecule has 9 aromatic carbocycles. The van der Waals surface area contributed by atoms with E-state index in [0.29, 0.717) is 21.9 Å². The lowest BCUT2D eigenvalue weighted by molar-refractivity contribution is 0.669. The van der Waals surface area contributed by atoms with Crippen LogP contribution >= 0.6 is 0 Å². The van der Waals surface area contributed by atoms with Gasteiger partial charge in [0.1, 0.15) is 11.2 Å². The third-order valence-corrected chi connectivity index (χ3v) is 8.82. The fourth-order valence-electron chi connectivity index (χ4n) is 6.82. The van der Waals surface area contributed by atoms with E-state index >= 15 is 0 Å². The molecular formula is C46H28O. The van der Waals surface area contributed by atoms with Crippen molar-refractivity contribution in [3.63, 3.8) is 0 Å². The van der Waals surface area contributed by atoms with Crippen LogP contribution in [-0.4, -0.2) is 0 Å². The van der Waals surface area contributed by atoms with Crippen molar-refractivity contribution in [1.82, 2.24) is 0 Å². The summed E-state index contributed by atoms with van der Waals surface area (Å²) < 4.78 is 134. The van der Waals surface area contributed by atoms with Gasteiger partial charge in [0.2, 0.25) is 0 Å². The van der Waals surface area contributed by atoms with Crippen molar-refractivity contribution in [3.8, 4) is 33.4 Å². The average Bonchev–Trinajstić information content (AvgIpc) is 3.68. The van der Waals surface area contributed by atoms with Gasteiger partial charge < -0.3 is 4.42 Å². The maximum Gasteiger partial charge on any atom is 0.136 e. The van der Waals surface area contributed by atoms with Crippen molar-refractivity contribution in [2.75, 3.05) is 0 Å². The van der Waals surface area contributed by atoms with Crippen LogP contribution in [0.3, 0.4) is 0 Å². The minimum Gasteiger partial charge on any atom is -0.456 e. The Kier molecular flexibility index (Phi) is 3.44. The van der Waals surface area contributed by atoms with E-state index in [4.69, 9.17) is 15.4 Å². The Balaban J connectivity index is 1.55. The molecule has 1 heteroatoms. The van der Waals surface area contributed by atoms with Crippen LogP contribution in [0.25, 0.3) is 98.4 Å². The summed E-state index contributed by atoms with van der Waals surface area (Å²) in [4.78, 5) is 0. The monoisotopic (exact) mass is 610 g/mol. The first-order valence-electron chi connectivity index (χ1n) is 22.1. The first-order valence-corrected chi connectivity index (χ1v) is 15.1. The number of para-hydroxylation sites is 1. The summed E-state index contributed by atoms with van der Waals surface area (Å²) >= 11 is 0. The zero-order valence-electron chi connectivity index (χ0n) is 38.5. The van der Waals surface area contributed by atoms with E-state index in [0.717, 1.165) is 10.8 Å². The van der Waals surface area contributed by atoms with Crippen molar-refractivity contribution in [2.24, 2.45) is 0 Å². The molecule has 47 heavy (non-hydrogen) atoms. The Morgan fingerprint density at radius 1 is 0.383 bits per heavy atom. The molecule has 10 rings (SSSR count). The lowest BCUT2D eigenvalue weighted by Crippen LogP contribution is -1.93. The van der Waals surface area contributed by atoms with Crippen LogP contribution in [0.1, 0.15) is 19.2 Å². The highest BCUT2D eigenvalue weighted by Gasteiger charge is 2.21. The Morgan fingerprint density at radius 3 is 1.64 bits per heavy atom. The zero-order valence-corrected chi connectivity index (χ0v) is 24.5. The molecule has 0 radical (unpaired) electrons. The smallest absolute Gasteiger partial charge is 0.136 e. The fourth-order valence-corrected chi connectivity index (χ4v) is 6.82. The first-order chi connectivity index (χ1) is 29.2. The topological polar surface area (TPSA) is 13.1 Å². The maximum absolute atomic E-state index is 10.3. The van der Waals surface area contributed by atoms with Gasteiger partial charge in [-0.1, -0.05) is 151 Å². The molecule has 0 saturated carbocycles. The molecule has 0 spiro atoms. The molecule has 0 aliphatic heterocycles. The molecule has 1 nitrogen and oxygen atoms in total. The molecule has 1 heterocycles. The van der Waals surface area contributed by atoms with Gasteiger partial charge in [0.15, 0.2) is 0 Å². The molecular weight excluding hydrogens is 569 g/mol. The standard InChI is InChI=1S/C46H28O/c1-3-16-32-29(12-1)14-9-22-35(32)44-37-18-5-6-19-38(37)45(36-23-10-15-30-13-2-4-17-33(30)36)41-28-31(26-27-39(41)44)34-21-11-25-43-46(34)40-20-7-8-24-42(40)47-43/h1-28H/i5D,6D,7D,8D,11D,18D,19D,20D,21D,24D,25D,26D,27D,28D. The summed E-state index contributed by atoms with van der Waals surface area (Å²) in [5, 5.41) is 2.65. The van der Waals surface area contributed by atoms with Gasteiger partial charge in [0.25, 0.3) is 0 Å². The van der Waals surface area contributed by atoms with E-state index in [-0.39, 0.29) is 71.8 Å². The largest absolute Gasteiger partial charge is 0.456 e. The second kappa shape index (κ2) is 10.2. The van der Waals surface area contributed by atoms with E-state index < -0.39 is 78.6 Å². The molecule has 0 aliphatic rings. The van der Waals surface area contributed by atoms with Crippen LogP contribution in [-0.2, 0) is 0 Å². The second-order valence-electron chi connectivity index (χ2n) is 11.3. The molecule has 0 aliphatic carbocycles. The Morgan fingerprint density at radius 2 is 0.936 bits per heavy atom. The van der Waals surface area contributed by atoms with Crippen LogP contribution in [0.15, 0.2) is 174 Å². The molecule has 218 valence electrons. The minimum absolute atomic E-state index is 0.0107. The molecule has 1 aromatic heterocycles. The summed E-state index contributed by atoms with van der Waals surface area (Å²) in [5.41, 5.74) is -0.0849. The summed E-state index contributed by atoms with van der Waals surface area (Å²) in [6.45, 7) is 0. The van der Waals surface area contributed by atoms with Gasteiger partial charge in [-0.2, -0.15) is 0 Å². The van der Waals surface area contributed by atoms with Crippen LogP contribution in [0.2, 0.25) is 0 Å². The van der Waals surface area contributed by atoms with Crippen LogP contribution in [0, 0.1) is 0 Å². The van der Waals surface area contributed by atoms with Gasteiger partial charge in [-0.3, -0.25) is 0 Å². The number of hydrogen-bond acceptors (Lipinski definition) is 1. The number of rotatable bonds is 3. The van der Waals surface area contributed by atoms with Gasteiger partial charge >= 0.3 is 0 Å². The van der Waals surface area contributed by atoms with E-state index in [1.54, 1.807) is 24.3 Å². The number of hydrogen-bond donors (Lipinski definition) is 0. The third kappa shape index (κ3) is 3.90. The molecule has 10 aromatic rings. The van der Waals surface area contributed by atoms with Crippen LogP contribution in [0.5, 0.6) is 0 Å². The normalized spacial score (nSPS) is 16.0. The Bertz CT molecular complexity index is 3640. The quantitative estimate of drug-likeness (QED) is 0.181. The van der Waals surface area contributed by atoms with Gasteiger partial charge in [-0.15, -0.1) is 0 Å². The van der Waals surface area contributed by atoms with Gasteiger partial charge in [0, 0.05) is 10.8 Å². The lowest BCUT2D eigenvalue weighted by Gasteiger charge is -2.20. The fraction of sp³-hybridized carbons (Fsp3) is 0. The summed E-state index contributed by atoms with van der Waals surface area (Å²) in [6, 6.07) is 18.0. The minimum atomic E-state index is -0.666. The Labute approximate surface area is 291 Å². The zero-order chi connectivity index (χ0) is 43.1. The van der Waals surface area contributed by atoms with Crippen molar-refractivity contribution in [1.29, 1.82) is 0 Å². The summed E-state index contributed by atoms with van der Waals surface area (Å²) in [7, 11) is 0. The predicted molar refractivity (Wildman–Crippen MR) is 200 cm³/mol. The lowest BCUT2D eigenvalue weighted by atomic mass is 9.82. The van der Waals surface area contributed by atoms with E-state index in [9.17, 15) is 8.22 Å². The van der Waals surface area contributed by atoms with E-state index in [1.165, 1.54) is 0 Å². The summed E-state index contributed by atoms with van der Waals surface area (Å²) in [6.07, 6.45) is 0. The molecule has 0 fully saturated rings. The van der Waals surface area contributed by atoms with Crippen molar-refractivity contribution in [2.45, 2.75) is 0 Å². The molecule has 0 saturated heterocycles. The van der Waals surface area contributed by atoms with Crippen LogP contribution in [0.4, 0.5) is 0 Å². The first kappa shape index (κ1) is 15.9. The molecule has 0 atom stereocenters. The van der Waals surface area contributed by atoms with Crippen LogP contribution < -0.4 is 0 Å². The highest BCUT2D eigenvalue weighted by molar-refractivity contribution is 6.26. The second-order valence-corrected chi connectivity index (χ2v) is 11.3. The molecule has 0 amide bonds. The molecule has 0 N–H and O–H groups in total. The highest BCUT2D eigenvalue weighted by atomic mass is 16.3. The predicted octanol–water partition coefficient (Wildman–Crippen LogP) is 13.2. The average molecular weight is 611 g/mol. The number of benzene rings is 9. The van der Waals surface area contributed by atoms with E-state index in [2.05, 4.69) is 0 Å². The van der Waals surface area contributed by atoms with Crippen molar-refractivity contribution < 1.29 is 23.6 Å². The molecule has 0 bridgehead atoms. The van der Waals surface area contributed by atoms with Crippen molar-refractivity contribution in [3.05, 3.63) is 170 Å². The highest BCUT2D eigenvalue weighted by Crippen LogP contribution is 2.48. The van der Waals surface area contributed by atoms with E-state index in [1.807, 2.05) is 60.7 Å². The van der Waals surface area contributed by atoms with Gasteiger partial charge in [0.05, 0.1) is 19.2 Å².